The van der Waals surface area contributed by atoms with Gasteiger partial charge < -0.3 is 9.64 Å². The smallest absolute Gasteiger partial charge is 0.260 e. The average Bonchev–Trinajstić information content (AvgIpc) is 2.53. The number of nitrogens with zero attached hydrogens (tertiary/aromatic N) is 2. The third kappa shape index (κ3) is 2.61. The van der Waals surface area contributed by atoms with Gasteiger partial charge in [0.25, 0.3) is 5.91 Å². The summed E-state index contributed by atoms with van der Waals surface area (Å²) in [6.07, 6.45) is 2.53. The molecule has 3 rings (SSSR count). The number of aryl methyl sites for hydroxylation is 1. The number of benzene rings is 1. The van der Waals surface area contributed by atoms with E-state index < -0.39 is 0 Å². The molecule has 0 spiro atoms. The van der Waals surface area contributed by atoms with Crippen LogP contribution in [0.15, 0.2) is 42.6 Å². The molecule has 0 radical (unpaired) electrons. The number of rotatable bonds is 2. The van der Waals surface area contributed by atoms with Crippen LogP contribution in [0, 0.1) is 6.92 Å². The third-order valence-electron chi connectivity index (χ3n) is 3.69. The molecule has 1 amide bonds. The maximum Gasteiger partial charge on any atom is 0.260 e. The van der Waals surface area contributed by atoms with Crippen molar-refractivity contribution in [3.63, 3.8) is 0 Å². The molecule has 1 unspecified atom stereocenters. The quantitative estimate of drug-likeness (QED) is 0.849. The normalized spacial score (nSPS) is 17.0. The Morgan fingerprint density at radius 1 is 1.33 bits per heavy atom. The molecule has 0 bridgehead atoms. The van der Waals surface area contributed by atoms with Crippen LogP contribution in [0.3, 0.4) is 0 Å². The first-order valence-electron chi connectivity index (χ1n) is 7.19. The van der Waals surface area contributed by atoms with E-state index >= 15 is 0 Å². The largest absolute Gasteiger partial charge is 0.486 e. The molecule has 2 aromatic rings. The Morgan fingerprint density at radius 2 is 2.14 bits per heavy atom. The van der Waals surface area contributed by atoms with Crippen molar-refractivity contribution in [1.29, 1.82) is 0 Å². The van der Waals surface area contributed by atoms with Gasteiger partial charge in [-0.25, -0.2) is 0 Å². The highest BCUT2D eigenvalue weighted by Gasteiger charge is 2.29. The van der Waals surface area contributed by atoms with E-state index in [4.69, 9.17) is 4.74 Å². The van der Waals surface area contributed by atoms with Crippen LogP contribution in [-0.2, 0) is 0 Å². The number of aromatic nitrogens is 1. The summed E-state index contributed by atoms with van der Waals surface area (Å²) in [5.74, 6) is 0.737. The molecule has 1 aromatic carbocycles. The zero-order chi connectivity index (χ0) is 14.8. The SMILES string of the molecule is CCC1CN(C(=O)c2ccc(C)nc2)c2ccccc2O1. The van der Waals surface area contributed by atoms with Crippen molar-refractivity contribution in [3.8, 4) is 5.75 Å². The minimum atomic E-state index is -0.0308. The first-order chi connectivity index (χ1) is 10.2. The summed E-state index contributed by atoms with van der Waals surface area (Å²) in [7, 11) is 0. The van der Waals surface area contributed by atoms with Crippen molar-refractivity contribution in [3.05, 3.63) is 53.9 Å². The Morgan fingerprint density at radius 3 is 2.86 bits per heavy atom. The van der Waals surface area contributed by atoms with E-state index in [-0.39, 0.29) is 12.0 Å². The van der Waals surface area contributed by atoms with Gasteiger partial charge in [0.2, 0.25) is 0 Å². The Bertz CT molecular complexity index is 652. The summed E-state index contributed by atoms with van der Waals surface area (Å²) in [5, 5.41) is 0. The molecular weight excluding hydrogens is 264 g/mol. The lowest BCUT2D eigenvalue weighted by Gasteiger charge is -2.34. The molecular formula is C17H18N2O2. The van der Waals surface area contributed by atoms with E-state index in [1.807, 2.05) is 43.3 Å². The number of hydrogen-bond acceptors (Lipinski definition) is 3. The molecule has 1 aromatic heterocycles. The van der Waals surface area contributed by atoms with E-state index in [1.54, 1.807) is 11.1 Å². The fourth-order valence-corrected chi connectivity index (χ4v) is 2.45. The second-order valence-electron chi connectivity index (χ2n) is 5.22. The Balaban J connectivity index is 1.97. The fraction of sp³-hybridized carbons (Fsp3) is 0.294. The van der Waals surface area contributed by atoms with Crippen LogP contribution in [-0.4, -0.2) is 23.5 Å². The predicted molar refractivity (Wildman–Crippen MR) is 81.8 cm³/mol. The summed E-state index contributed by atoms with van der Waals surface area (Å²) >= 11 is 0. The number of amides is 1. The van der Waals surface area contributed by atoms with Gasteiger partial charge in [-0.15, -0.1) is 0 Å². The molecule has 2 heterocycles. The number of para-hydroxylation sites is 2. The highest BCUT2D eigenvalue weighted by molar-refractivity contribution is 6.07. The predicted octanol–water partition coefficient (Wildman–Crippen LogP) is 3.21. The number of carbonyl (C=O) groups excluding carboxylic acids is 1. The number of anilines is 1. The van der Waals surface area contributed by atoms with Gasteiger partial charge in [0, 0.05) is 11.9 Å². The summed E-state index contributed by atoms with van der Waals surface area (Å²) < 4.78 is 5.91. The number of fused-ring (bicyclic) bond motifs is 1. The van der Waals surface area contributed by atoms with Gasteiger partial charge >= 0.3 is 0 Å². The van der Waals surface area contributed by atoms with Crippen molar-refractivity contribution in [2.24, 2.45) is 0 Å². The molecule has 1 aliphatic rings. The van der Waals surface area contributed by atoms with Crippen molar-refractivity contribution in [1.82, 2.24) is 4.98 Å². The fourth-order valence-electron chi connectivity index (χ4n) is 2.45. The van der Waals surface area contributed by atoms with E-state index in [1.165, 1.54) is 0 Å². The molecule has 4 heteroatoms. The van der Waals surface area contributed by atoms with Gasteiger partial charge in [-0.3, -0.25) is 9.78 Å². The second-order valence-corrected chi connectivity index (χ2v) is 5.22. The van der Waals surface area contributed by atoms with Gasteiger partial charge in [0.15, 0.2) is 0 Å². The van der Waals surface area contributed by atoms with Gasteiger partial charge in [-0.05, 0) is 37.6 Å². The molecule has 0 saturated heterocycles. The summed E-state index contributed by atoms with van der Waals surface area (Å²) in [5.41, 5.74) is 2.33. The van der Waals surface area contributed by atoms with Gasteiger partial charge in [-0.1, -0.05) is 19.1 Å². The first kappa shape index (κ1) is 13.6. The molecule has 21 heavy (non-hydrogen) atoms. The lowest BCUT2D eigenvalue weighted by molar-refractivity contribution is 0.0954. The summed E-state index contributed by atoms with van der Waals surface area (Å²) in [6, 6.07) is 11.3. The minimum absolute atomic E-state index is 0.0299. The Kier molecular flexibility index (Phi) is 3.60. The van der Waals surface area contributed by atoms with Crippen molar-refractivity contribution >= 4 is 11.6 Å². The highest BCUT2D eigenvalue weighted by Crippen LogP contribution is 2.34. The molecule has 1 aliphatic heterocycles. The van der Waals surface area contributed by atoms with Crippen molar-refractivity contribution in [2.45, 2.75) is 26.4 Å². The first-order valence-corrected chi connectivity index (χ1v) is 7.19. The standard InChI is InChI=1S/C17H18N2O2/c1-3-14-11-19(15-6-4-5-7-16(15)21-14)17(20)13-9-8-12(2)18-10-13/h4-10,14H,3,11H2,1-2H3. The molecule has 4 nitrogen and oxygen atoms in total. The summed E-state index contributed by atoms with van der Waals surface area (Å²) in [6.45, 7) is 4.54. The monoisotopic (exact) mass is 282 g/mol. The van der Waals surface area contributed by atoms with Crippen LogP contribution >= 0.6 is 0 Å². The lowest BCUT2D eigenvalue weighted by atomic mass is 10.1. The zero-order valence-corrected chi connectivity index (χ0v) is 12.2. The van der Waals surface area contributed by atoms with E-state index in [2.05, 4.69) is 11.9 Å². The van der Waals surface area contributed by atoms with Gasteiger partial charge in [0.1, 0.15) is 11.9 Å². The zero-order valence-electron chi connectivity index (χ0n) is 12.2. The maximum absolute atomic E-state index is 12.8. The number of hydrogen-bond donors (Lipinski definition) is 0. The minimum Gasteiger partial charge on any atom is -0.486 e. The Hall–Kier alpha value is -2.36. The molecule has 0 aliphatic carbocycles. The van der Waals surface area contributed by atoms with Crippen LogP contribution in [0.5, 0.6) is 5.75 Å². The number of ether oxygens (including phenoxy) is 1. The van der Waals surface area contributed by atoms with Gasteiger partial charge in [-0.2, -0.15) is 0 Å². The van der Waals surface area contributed by atoms with E-state index in [9.17, 15) is 4.79 Å². The maximum atomic E-state index is 12.8. The molecule has 0 N–H and O–H groups in total. The van der Waals surface area contributed by atoms with Crippen LogP contribution in [0.2, 0.25) is 0 Å². The number of pyridine rings is 1. The third-order valence-corrected chi connectivity index (χ3v) is 3.69. The molecule has 0 fully saturated rings. The van der Waals surface area contributed by atoms with Crippen LogP contribution in [0.25, 0.3) is 0 Å². The van der Waals surface area contributed by atoms with Gasteiger partial charge in [0.05, 0.1) is 17.8 Å². The van der Waals surface area contributed by atoms with Crippen molar-refractivity contribution in [2.75, 3.05) is 11.4 Å². The number of carbonyl (C=O) groups is 1. The van der Waals surface area contributed by atoms with Crippen molar-refractivity contribution < 1.29 is 9.53 Å². The molecule has 108 valence electrons. The van der Waals surface area contributed by atoms with Crippen LogP contribution < -0.4 is 9.64 Å². The average molecular weight is 282 g/mol. The van der Waals surface area contributed by atoms with Crippen LogP contribution in [0.4, 0.5) is 5.69 Å². The lowest BCUT2D eigenvalue weighted by Crippen LogP contribution is -2.43. The summed E-state index contributed by atoms with van der Waals surface area (Å²) in [4.78, 5) is 18.8. The highest BCUT2D eigenvalue weighted by atomic mass is 16.5. The van der Waals surface area contributed by atoms with E-state index in [0.717, 1.165) is 23.6 Å². The second kappa shape index (κ2) is 5.56. The van der Waals surface area contributed by atoms with Crippen LogP contribution in [0.1, 0.15) is 29.4 Å². The topological polar surface area (TPSA) is 42.4 Å². The molecule has 0 saturated carbocycles. The molecule has 1 atom stereocenters. The van der Waals surface area contributed by atoms with E-state index in [0.29, 0.717) is 12.1 Å². The Labute approximate surface area is 124 Å².